The van der Waals surface area contributed by atoms with Crippen molar-refractivity contribution >= 4 is 5.78 Å². The van der Waals surface area contributed by atoms with Crippen molar-refractivity contribution < 1.29 is 45.0 Å². The van der Waals surface area contributed by atoms with E-state index in [0.29, 0.717) is 70.2 Å². The number of benzene rings is 1. The lowest BCUT2D eigenvalue weighted by Gasteiger charge is -2.52. The Hall–Kier alpha value is -1.91. The van der Waals surface area contributed by atoms with Gasteiger partial charge in [0.05, 0.1) is 0 Å². The molecule has 4 rings (SSSR count). The van der Waals surface area contributed by atoms with Gasteiger partial charge in [-0.3, -0.25) is 4.79 Å². The number of Topliss-reactive ketones (excluding diaryl/α,β-unsaturated/α-hetero) is 1. The van der Waals surface area contributed by atoms with E-state index < -0.39 is 37.0 Å². The number of hydrogen-bond acceptors (Lipinski definition) is 3. The number of alkyl halides is 8. The van der Waals surface area contributed by atoms with Gasteiger partial charge in [-0.1, -0.05) is 32.3 Å². The van der Waals surface area contributed by atoms with E-state index in [1.165, 1.54) is 5.56 Å². The Bertz CT molecular complexity index is 1160. The van der Waals surface area contributed by atoms with Gasteiger partial charge in [0.1, 0.15) is 17.7 Å². The fourth-order valence-corrected chi connectivity index (χ4v) is 8.54. The predicted octanol–water partition coefficient (Wildman–Crippen LogP) is 9.66. The lowest BCUT2D eigenvalue weighted by Crippen LogP contribution is -2.51. The summed E-state index contributed by atoms with van der Waals surface area (Å²) in [5.74, 6) is -9.72. The first-order chi connectivity index (χ1) is 21.0. The average molecular weight is 654 g/mol. The number of hydrogen-bond donors (Lipinski definition) is 1. The molecule has 0 heterocycles. The van der Waals surface area contributed by atoms with Crippen LogP contribution in [0.15, 0.2) is 18.2 Å². The number of halogens is 8. The first-order valence-corrected chi connectivity index (χ1v) is 16.5. The Kier molecular flexibility index (Phi) is 11.2. The number of rotatable bonds is 15. The summed E-state index contributed by atoms with van der Waals surface area (Å²) in [5.41, 5.74) is 2.01. The summed E-state index contributed by atoms with van der Waals surface area (Å²) in [4.78, 5) is 14.9. The van der Waals surface area contributed by atoms with Gasteiger partial charge in [0.15, 0.2) is 0 Å². The monoisotopic (exact) mass is 653 g/mol. The van der Waals surface area contributed by atoms with E-state index in [1.807, 2.05) is 19.2 Å². The van der Waals surface area contributed by atoms with Crippen LogP contribution in [0.5, 0.6) is 5.75 Å². The van der Waals surface area contributed by atoms with Crippen LogP contribution in [0.4, 0.5) is 35.1 Å². The summed E-state index contributed by atoms with van der Waals surface area (Å²) in [7, 11) is 1.90. The lowest BCUT2D eigenvalue weighted by atomic mass is 9.52. The minimum atomic E-state index is -6.28. The zero-order chi connectivity index (χ0) is 33.2. The van der Waals surface area contributed by atoms with Gasteiger partial charge in [0.25, 0.3) is 0 Å². The number of carbonyl (C=O) groups is 1. The maximum Gasteiger partial charge on any atom is 0.459 e. The highest BCUT2D eigenvalue weighted by Crippen LogP contribution is 2.61. The van der Waals surface area contributed by atoms with E-state index in [2.05, 4.69) is 11.8 Å². The smallest absolute Gasteiger partial charge is 0.459 e. The van der Waals surface area contributed by atoms with Crippen molar-refractivity contribution in [3.05, 3.63) is 29.3 Å². The Labute approximate surface area is 261 Å². The standard InChI is InChI=1S/C34H47F8NO2/c1-31-16-14-27-26-11-10-25(44)21-22(26)19-23(30(27)28(31)12-13-29(31)45)20-24(35)9-8-18-43(2)17-7-5-3-4-6-15-32(36,37)33(38,39)34(40,41)42/h10-11,21,23-24,27-28,30,44H,3-9,12-20H2,1-2H3/t23-,24?,27+,28-,30+,31-/m0/s1. The van der Waals surface area contributed by atoms with E-state index in [-0.39, 0.29) is 41.3 Å². The molecule has 1 aromatic rings. The molecule has 0 bridgehead atoms. The second-order valence-corrected chi connectivity index (χ2v) is 14.1. The summed E-state index contributed by atoms with van der Waals surface area (Å²) < 4.78 is 105. The second-order valence-electron chi connectivity index (χ2n) is 14.1. The number of ketones is 1. The molecule has 1 N–H and O–H groups in total. The van der Waals surface area contributed by atoms with Gasteiger partial charge in [-0.15, -0.1) is 0 Å². The van der Waals surface area contributed by atoms with Crippen LogP contribution in [0.1, 0.15) is 107 Å². The molecule has 11 heteroatoms. The van der Waals surface area contributed by atoms with Gasteiger partial charge in [0, 0.05) is 18.3 Å². The van der Waals surface area contributed by atoms with Gasteiger partial charge in [-0.2, -0.15) is 30.7 Å². The van der Waals surface area contributed by atoms with Crippen LogP contribution < -0.4 is 0 Å². The maximum atomic E-state index is 15.5. The predicted molar refractivity (Wildman–Crippen MR) is 156 cm³/mol. The molecule has 0 spiro atoms. The Morgan fingerprint density at radius 2 is 1.64 bits per heavy atom. The molecular formula is C34H47F8NO2. The van der Waals surface area contributed by atoms with Gasteiger partial charge in [0.2, 0.25) is 0 Å². The van der Waals surface area contributed by atoms with Crippen LogP contribution in [-0.4, -0.2) is 60.1 Å². The number of carbonyl (C=O) groups excluding carboxylic acids is 1. The highest BCUT2D eigenvalue weighted by Gasteiger charge is 2.72. The molecule has 3 aliphatic rings. The number of phenols is 1. The SMILES string of the molecule is CN(CCCCCCCC(F)(F)C(F)(F)C(F)(F)F)CCCC(F)C[C@@H]1Cc2cc(O)ccc2[C@H]2CC[C@]3(C)C(=O)CC[C@H]3[C@H]12. The molecule has 0 aliphatic heterocycles. The van der Waals surface area contributed by atoms with Gasteiger partial charge < -0.3 is 10.0 Å². The minimum Gasteiger partial charge on any atom is -0.508 e. The van der Waals surface area contributed by atoms with E-state index >= 15 is 4.39 Å². The topological polar surface area (TPSA) is 40.5 Å². The van der Waals surface area contributed by atoms with E-state index in [1.54, 1.807) is 6.07 Å². The Balaban J connectivity index is 1.18. The highest BCUT2D eigenvalue weighted by atomic mass is 19.4. The van der Waals surface area contributed by atoms with Crippen molar-refractivity contribution in [1.29, 1.82) is 0 Å². The summed E-state index contributed by atoms with van der Waals surface area (Å²) in [6, 6.07) is 5.56. The first-order valence-electron chi connectivity index (χ1n) is 16.5. The molecule has 0 aromatic heterocycles. The Morgan fingerprint density at radius 1 is 0.978 bits per heavy atom. The number of fused-ring (bicyclic) bond motifs is 5. The van der Waals surface area contributed by atoms with Gasteiger partial charge >= 0.3 is 18.0 Å². The molecule has 1 aromatic carbocycles. The fraction of sp³-hybridized carbons (Fsp3) is 0.794. The third-order valence-corrected chi connectivity index (χ3v) is 11.1. The van der Waals surface area contributed by atoms with Crippen LogP contribution in [0.25, 0.3) is 0 Å². The second kappa shape index (κ2) is 14.1. The maximum absolute atomic E-state index is 15.5. The number of phenolic OH excluding ortho intramolecular Hbond substituents is 1. The van der Waals surface area contributed by atoms with Crippen molar-refractivity contribution in [2.75, 3.05) is 20.1 Å². The number of unbranched alkanes of at least 4 members (excludes halogenated alkanes) is 4. The van der Waals surface area contributed by atoms with Crippen LogP contribution in [-0.2, 0) is 11.2 Å². The molecule has 256 valence electrons. The quantitative estimate of drug-likeness (QED) is 0.151. The molecule has 1 unspecified atom stereocenters. The van der Waals surface area contributed by atoms with Gasteiger partial charge in [-0.25, -0.2) is 4.39 Å². The zero-order valence-electron chi connectivity index (χ0n) is 26.3. The largest absolute Gasteiger partial charge is 0.508 e. The first kappa shape index (κ1) is 35.9. The van der Waals surface area contributed by atoms with Crippen molar-refractivity contribution in [2.24, 2.45) is 23.2 Å². The molecule has 45 heavy (non-hydrogen) atoms. The van der Waals surface area contributed by atoms with E-state index in [4.69, 9.17) is 0 Å². The van der Waals surface area contributed by atoms with Crippen LogP contribution in [0.2, 0.25) is 0 Å². The molecule has 3 aliphatic carbocycles. The zero-order valence-corrected chi connectivity index (χ0v) is 26.3. The minimum absolute atomic E-state index is 0.104. The summed E-state index contributed by atoms with van der Waals surface area (Å²) in [6.45, 7) is 3.45. The molecule has 3 nitrogen and oxygen atoms in total. The van der Waals surface area contributed by atoms with Crippen LogP contribution in [0.3, 0.4) is 0 Å². The normalized spacial score (nSPS) is 27.8. The third kappa shape index (κ3) is 7.81. The van der Waals surface area contributed by atoms with Gasteiger partial charge in [-0.05, 0) is 125 Å². The van der Waals surface area contributed by atoms with Crippen LogP contribution >= 0.6 is 0 Å². The van der Waals surface area contributed by atoms with Crippen LogP contribution in [0, 0.1) is 23.2 Å². The number of nitrogens with zero attached hydrogens (tertiary/aromatic N) is 1. The van der Waals surface area contributed by atoms with Crippen molar-refractivity contribution in [1.82, 2.24) is 4.90 Å². The summed E-state index contributed by atoms with van der Waals surface area (Å²) in [6.07, 6.45) is -1.88. The molecule has 2 saturated carbocycles. The van der Waals surface area contributed by atoms with Crippen molar-refractivity contribution in [3.8, 4) is 5.75 Å². The van der Waals surface area contributed by atoms with E-state index in [9.17, 15) is 40.6 Å². The lowest BCUT2D eigenvalue weighted by molar-refractivity contribution is -0.355. The van der Waals surface area contributed by atoms with Crippen molar-refractivity contribution in [3.63, 3.8) is 0 Å². The number of aromatic hydroxyl groups is 1. The fourth-order valence-electron chi connectivity index (χ4n) is 8.54. The summed E-state index contributed by atoms with van der Waals surface area (Å²) >= 11 is 0. The average Bonchev–Trinajstić information content (AvgIpc) is 3.25. The summed E-state index contributed by atoms with van der Waals surface area (Å²) in [5, 5.41) is 10.1. The molecular weight excluding hydrogens is 606 g/mol. The highest BCUT2D eigenvalue weighted by molar-refractivity contribution is 5.87. The molecule has 6 atom stereocenters. The van der Waals surface area contributed by atoms with Crippen molar-refractivity contribution in [2.45, 2.75) is 127 Å². The Morgan fingerprint density at radius 3 is 2.36 bits per heavy atom. The molecule has 0 saturated heterocycles. The molecule has 2 fully saturated rings. The third-order valence-electron chi connectivity index (χ3n) is 11.1. The van der Waals surface area contributed by atoms with E-state index in [0.717, 1.165) is 24.8 Å². The molecule has 0 amide bonds. The molecule has 0 radical (unpaired) electrons.